The standard InChI is InChI=1S/C10H17N3OS/c1-4-8(6-14-2)13-9-5-10(15-3)12-7-11-9/h5,7-8H,4,6H2,1-3H3,(H,11,12,13). The predicted octanol–water partition coefficient (Wildman–Crippen LogP) is 2.04. The molecule has 4 nitrogen and oxygen atoms in total. The zero-order valence-electron chi connectivity index (χ0n) is 9.36. The topological polar surface area (TPSA) is 47.0 Å². The minimum Gasteiger partial charge on any atom is -0.383 e. The first-order valence-corrected chi connectivity index (χ1v) is 6.14. The number of anilines is 1. The lowest BCUT2D eigenvalue weighted by Crippen LogP contribution is -2.24. The molecule has 1 unspecified atom stereocenters. The van der Waals surface area contributed by atoms with Crippen molar-refractivity contribution in [1.29, 1.82) is 0 Å². The smallest absolute Gasteiger partial charge is 0.130 e. The van der Waals surface area contributed by atoms with E-state index in [0.29, 0.717) is 12.6 Å². The van der Waals surface area contributed by atoms with Crippen LogP contribution in [0.2, 0.25) is 0 Å². The summed E-state index contributed by atoms with van der Waals surface area (Å²) in [6.45, 7) is 2.81. The van der Waals surface area contributed by atoms with Gasteiger partial charge in [-0.15, -0.1) is 11.8 Å². The molecule has 1 atom stereocenters. The highest BCUT2D eigenvalue weighted by atomic mass is 32.2. The molecule has 0 aliphatic rings. The van der Waals surface area contributed by atoms with E-state index in [-0.39, 0.29) is 0 Å². The molecule has 0 fully saturated rings. The van der Waals surface area contributed by atoms with E-state index in [1.807, 2.05) is 12.3 Å². The summed E-state index contributed by atoms with van der Waals surface area (Å²) in [7, 11) is 1.71. The minimum atomic E-state index is 0.305. The molecule has 0 saturated carbocycles. The van der Waals surface area contributed by atoms with Crippen molar-refractivity contribution < 1.29 is 4.74 Å². The van der Waals surface area contributed by atoms with Crippen LogP contribution in [0, 0.1) is 0 Å². The lowest BCUT2D eigenvalue weighted by Gasteiger charge is -2.16. The molecule has 0 aliphatic carbocycles. The molecule has 1 aromatic rings. The van der Waals surface area contributed by atoms with Gasteiger partial charge in [0.2, 0.25) is 0 Å². The van der Waals surface area contributed by atoms with Crippen LogP contribution in [0.25, 0.3) is 0 Å². The number of hydrogen-bond donors (Lipinski definition) is 1. The van der Waals surface area contributed by atoms with Crippen LogP contribution in [0.5, 0.6) is 0 Å². The van der Waals surface area contributed by atoms with Crippen LogP contribution in [0.15, 0.2) is 17.4 Å². The predicted molar refractivity (Wildman–Crippen MR) is 63.4 cm³/mol. The van der Waals surface area contributed by atoms with Crippen molar-refractivity contribution in [2.75, 3.05) is 25.3 Å². The number of rotatable bonds is 6. The Hall–Kier alpha value is -0.810. The van der Waals surface area contributed by atoms with Crippen LogP contribution in [0.1, 0.15) is 13.3 Å². The van der Waals surface area contributed by atoms with Gasteiger partial charge in [0.05, 0.1) is 12.6 Å². The number of methoxy groups -OCH3 is 1. The Bertz CT molecular complexity index is 296. The third-order valence-corrected chi connectivity index (χ3v) is 2.71. The van der Waals surface area contributed by atoms with Gasteiger partial charge in [-0.3, -0.25) is 0 Å². The average molecular weight is 227 g/mol. The van der Waals surface area contributed by atoms with Crippen molar-refractivity contribution in [2.45, 2.75) is 24.4 Å². The summed E-state index contributed by atoms with van der Waals surface area (Å²) in [5.74, 6) is 0.859. The number of ether oxygens (including phenoxy) is 1. The normalized spacial score (nSPS) is 12.5. The molecule has 0 spiro atoms. The molecule has 1 N–H and O–H groups in total. The minimum absolute atomic E-state index is 0.305. The number of thioether (sulfide) groups is 1. The second-order valence-corrected chi connectivity index (χ2v) is 3.98. The third-order valence-electron chi connectivity index (χ3n) is 2.06. The molecule has 0 amide bonds. The van der Waals surface area contributed by atoms with E-state index in [2.05, 4.69) is 22.2 Å². The molecule has 1 aromatic heterocycles. The first kappa shape index (κ1) is 12.3. The molecule has 0 radical (unpaired) electrons. The Morgan fingerprint density at radius 1 is 1.53 bits per heavy atom. The lowest BCUT2D eigenvalue weighted by molar-refractivity contribution is 0.184. The van der Waals surface area contributed by atoms with Gasteiger partial charge >= 0.3 is 0 Å². The third kappa shape index (κ3) is 4.05. The molecule has 0 bridgehead atoms. The van der Waals surface area contributed by atoms with Gasteiger partial charge in [-0.2, -0.15) is 0 Å². The summed E-state index contributed by atoms with van der Waals surface area (Å²) >= 11 is 1.61. The monoisotopic (exact) mass is 227 g/mol. The first-order chi connectivity index (χ1) is 7.30. The number of nitrogens with one attached hydrogen (secondary N) is 1. The fraction of sp³-hybridized carbons (Fsp3) is 0.600. The highest BCUT2D eigenvalue weighted by Gasteiger charge is 2.06. The molecule has 15 heavy (non-hydrogen) atoms. The van der Waals surface area contributed by atoms with Gasteiger partial charge in [-0.25, -0.2) is 9.97 Å². The van der Waals surface area contributed by atoms with Gasteiger partial charge in [0.25, 0.3) is 0 Å². The van der Waals surface area contributed by atoms with E-state index < -0.39 is 0 Å². The largest absolute Gasteiger partial charge is 0.383 e. The summed E-state index contributed by atoms with van der Waals surface area (Å²) < 4.78 is 5.11. The van der Waals surface area contributed by atoms with E-state index in [4.69, 9.17) is 4.74 Å². The van der Waals surface area contributed by atoms with Crippen molar-refractivity contribution in [2.24, 2.45) is 0 Å². The molecule has 0 aromatic carbocycles. The van der Waals surface area contributed by atoms with Crippen LogP contribution in [0.3, 0.4) is 0 Å². The Labute approximate surface area is 94.8 Å². The molecular weight excluding hydrogens is 210 g/mol. The number of hydrogen-bond acceptors (Lipinski definition) is 5. The number of nitrogens with zero attached hydrogens (tertiary/aromatic N) is 2. The van der Waals surface area contributed by atoms with Crippen molar-refractivity contribution >= 4 is 17.6 Å². The second-order valence-electron chi connectivity index (χ2n) is 3.15. The Kier molecular flexibility index (Phi) is 5.42. The average Bonchev–Trinajstić information content (AvgIpc) is 2.29. The van der Waals surface area contributed by atoms with E-state index >= 15 is 0 Å². The van der Waals surface area contributed by atoms with Gasteiger partial charge < -0.3 is 10.1 Å². The van der Waals surface area contributed by atoms with Crippen LogP contribution in [0.4, 0.5) is 5.82 Å². The molecule has 0 saturated heterocycles. The van der Waals surface area contributed by atoms with Gasteiger partial charge in [0.15, 0.2) is 0 Å². The fourth-order valence-electron chi connectivity index (χ4n) is 1.20. The Balaban J connectivity index is 2.61. The molecule has 5 heteroatoms. The van der Waals surface area contributed by atoms with Crippen molar-refractivity contribution in [1.82, 2.24) is 9.97 Å². The molecule has 0 aliphatic heterocycles. The SMILES string of the molecule is CCC(COC)Nc1cc(SC)ncn1. The van der Waals surface area contributed by atoms with E-state index in [9.17, 15) is 0 Å². The summed E-state index contributed by atoms with van der Waals surface area (Å²) in [5.41, 5.74) is 0. The second kappa shape index (κ2) is 6.63. The fourth-order valence-corrected chi connectivity index (χ4v) is 1.58. The quantitative estimate of drug-likeness (QED) is 0.595. The van der Waals surface area contributed by atoms with E-state index in [1.165, 1.54) is 0 Å². The van der Waals surface area contributed by atoms with Crippen LogP contribution < -0.4 is 5.32 Å². The van der Waals surface area contributed by atoms with Crippen molar-refractivity contribution in [3.05, 3.63) is 12.4 Å². The molecule has 1 heterocycles. The van der Waals surface area contributed by atoms with Crippen molar-refractivity contribution in [3.8, 4) is 0 Å². The van der Waals surface area contributed by atoms with Crippen LogP contribution in [-0.2, 0) is 4.74 Å². The zero-order chi connectivity index (χ0) is 11.1. The maximum atomic E-state index is 5.11. The summed E-state index contributed by atoms with van der Waals surface area (Å²) in [6, 6.07) is 2.25. The lowest BCUT2D eigenvalue weighted by atomic mass is 10.2. The zero-order valence-corrected chi connectivity index (χ0v) is 10.2. The molecular formula is C10H17N3OS. The summed E-state index contributed by atoms with van der Waals surface area (Å²) in [4.78, 5) is 8.28. The summed E-state index contributed by atoms with van der Waals surface area (Å²) in [6.07, 6.45) is 4.58. The maximum Gasteiger partial charge on any atom is 0.130 e. The first-order valence-electron chi connectivity index (χ1n) is 4.91. The molecule has 1 rings (SSSR count). The van der Waals surface area contributed by atoms with Gasteiger partial charge in [-0.1, -0.05) is 6.92 Å². The van der Waals surface area contributed by atoms with E-state index in [1.54, 1.807) is 25.2 Å². The van der Waals surface area contributed by atoms with Gasteiger partial charge in [0.1, 0.15) is 17.2 Å². The number of aromatic nitrogens is 2. The molecule has 84 valence electrons. The van der Waals surface area contributed by atoms with Crippen LogP contribution >= 0.6 is 11.8 Å². The highest BCUT2D eigenvalue weighted by Crippen LogP contribution is 2.14. The Morgan fingerprint density at radius 3 is 2.93 bits per heavy atom. The van der Waals surface area contributed by atoms with E-state index in [0.717, 1.165) is 17.3 Å². The summed E-state index contributed by atoms with van der Waals surface area (Å²) in [5, 5.41) is 4.29. The Morgan fingerprint density at radius 2 is 2.33 bits per heavy atom. The maximum absolute atomic E-state index is 5.11. The highest BCUT2D eigenvalue weighted by molar-refractivity contribution is 7.98. The van der Waals surface area contributed by atoms with Crippen molar-refractivity contribution in [3.63, 3.8) is 0 Å². The van der Waals surface area contributed by atoms with Crippen LogP contribution in [-0.4, -0.2) is 36.0 Å². The van der Waals surface area contributed by atoms with Gasteiger partial charge in [0, 0.05) is 13.2 Å². The van der Waals surface area contributed by atoms with Gasteiger partial charge in [-0.05, 0) is 12.7 Å².